The summed E-state index contributed by atoms with van der Waals surface area (Å²) >= 11 is 1.76. The highest BCUT2D eigenvalue weighted by molar-refractivity contribution is 7.15. The van der Waals surface area contributed by atoms with Crippen LogP contribution in [0.3, 0.4) is 0 Å². The van der Waals surface area contributed by atoms with Gasteiger partial charge in [0, 0.05) is 10.4 Å². The standard InChI is InChI=1S/C10H13N3S/c1-3-7-9(12-13-10(7)11)8-5-4-6(2)14-8/h4-5H,3H2,1-2H3,(H3,11,12,13). The van der Waals surface area contributed by atoms with Gasteiger partial charge in [0.05, 0.1) is 10.6 Å². The SMILES string of the molecule is CCc1c(N)n[nH]c1-c1ccc(C)s1. The fraction of sp³-hybridized carbons (Fsp3) is 0.300. The summed E-state index contributed by atoms with van der Waals surface area (Å²) in [5.74, 6) is 0.619. The number of nitrogen functional groups attached to an aromatic ring is 1. The molecule has 0 atom stereocenters. The van der Waals surface area contributed by atoms with Gasteiger partial charge in [-0.3, -0.25) is 5.10 Å². The van der Waals surface area contributed by atoms with Crippen molar-refractivity contribution in [3.05, 3.63) is 22.6 Å². The Balaban J connectivity index is 2.51. The Morgan fingerprint density at radius 2 is 2.29 bits per heavy atom. The first-order valence-electron chi connectivity index (χ1n) is 4.62. The first-order chi connectivity index (χ1) is 6.72. The lowest BCUT2D eigenvalue weighted by Crippen LogP contribution is -1.90. The molecule has 74 valence electrons. The van der Waals surface area contributed by atoms with Crippen LogP contribution in [0.5, 0.6) is 0 Å². The maximum atomic E-state index is 5.76. The molecule has 2 aromatic rings. The molecule has 0 saturated heterocycles. The number of H-pyrrole nitrogens is 1. The number of nitrogens with two attached hydrogens (primary N) is 1. The molecule has 0 unspecified atom stereocenters. The maximum absolute atomic E-state index is 5.76. The predicted octanol–water partition coefficient (Wildman–Crippen LogP) is 2.59. The van der Waals surface area contributed by atoms with Crippen molar-refractivity contribution < 1.29 is 0 Å². The minimum atomic E-state index is 0.619. The van der Waals surface area contributed by atoms with Crippen molar-refractivity contribution in [2.45, 2.75) is 20.3 Å². The van der Waals surface area contributed by atoms with Crippen LogP contribution in [0.2, 0.25) is 0 Å². The van der Waals surface area contributed by atoms with Gasteiger partial charge in [-0.2, -0.15) is 5.10 Å². The first kappa shape index (κ1) is 9.27. The number of nitrogens with zero attached hydrogens (tertiary/aromatic N) is 1. The van der Waals surface area contributed by atoms with Gasteiger partial charge in [-0.05, 0) is 25.5 Å². The zero-order chi connectivity index (χ0) is 10.1. The van der Waals surface area contributed by atoms with Crippen LogP contribution >= 0.6 is 11.3 Å². The molecule has 0 bridgehead atoms. The predicted molar refractivity (Wildman–Crippen MR) is 60.4 cm³/mol. The fourth-order valence-corrected chi connectivity index (χ4v) is 2.40. The van der Waals surface area contributed by atoms with Gasteiger partial charge in [0.25, 0.3) is 0 Å². The summed E-state index contributed by atoms with van der Waals surface area (Å²) in [5, 5.41) is 7.02. The van der Waals surface area contributed by atoms with E-state index in [1.54, 1.807) is 11.3 Å². The smallest absolute Gasteiger partial charge is 0.149 e. The molecule has 2 rings (SSSR count). The molecule has 2 heterocycles. The van der Waals surface area contributed by atoms with Crippen LogP contribution in [0.15, 0.2) is 12.1 Å². The number of rotatable bonds is 2. The number of anilines is 1. The van der Waals surface area contributed by atoms with Crippen molar-refractivity contribution in [3.8, 4) is 10.6 Å². The molecule has 0 aliphatic carbocycles. The van der Waals surface area contributed by atoms with E-state index in [1.165, 1.54) is 9.75 Å². The average Bonchev–Trinajstić information content (AvgIpc) is 2.71. The summed E-state index contributed by atoms with van der Waals surface area (Å²) in [6.45, 7) is 4.19. The molecule has 0 aromatic carbocycles. The second-order valence-electron chi connectivity index (χ2n) is 3.23. The van der Waals surface area contributed by atoms with Gasteiger partial charge in [-0.1, -0.05) is 6.92 Å². The van der Waals surface area contributed by atoms with E-state index in [1.807, 2.05) is 0 Å². The molecule has 0 radical (unpaired) electrons. The van der Waals surface area contributed by atoms with Gasteiger partial charge in [0.15, 0.2) is 0 Å². The summed E-state index contributed by atoms with van der Waals surface area (Å²) in [7, 11) is 0. The van der Waals surface area contributed by atoms with Crippen LogP contribution in [0.1, 0.15) is 17.4 Å². The number of hydrogen-bond acceptors (Lipinski definition) is 3. The number of aromatic amines is 1. The summed E-state index contributed by atoms with van der Waals surface area (Å²) in [4.78, 5) is 2.51. The Morgan fingerprint density at radius 3 is 2.86 bits per heavy atom. The third kappa shape index (κ3) is 1.42. The summed E-state index contributed by atoms with van der Waals surface area (Å²) in [6.07, 6.45) is 0.911. The minimum Gasteiger partial charge on any atom is -0.382 e. The molecule has 0 aliphatic heterocycles. The normalized spacial score (nSPS) is 10.7. The molecule has 0 saturated carbocycles. The van der Waals surface area contributed by atoms with Crippen molar-refractivity contribution >= 4 is 17.2 Å². The summed E-state index contributed by atoms with van der Waals surface area (Å²) in [5.41, 5.74) is 7.95. The van der Waals surface area contributed by atoms with Crippen molar-refractivity contribution in [2.75, 3.05) is 5.73 Å². The van der Waals surface area contributed by atoms with Crippen LogP contribution < -0.4 is 5.73 Å². The third-order valence-corrected chi connectivity index (χ3v) is 3.26. The lowest BCUT2D eigenvalue weighted by atomic mass is 10.1. The van der Waals surface area contributed by atoms with Crippen LogP contribution in [-0.4, -0.2) is 10.2 Å². The molecule has 0 fully saturated rings. The van der Waals surface area contributed by atoms with Crippen molar-refractivity contribution in [3.63, 3.8) is 0 Å². The summed E-state index contributed by atoms with van der Waals surface area (Å²) in [6, 6.07) is 4.21. The molecular formula is C10H13N3S. The van der Waals surface area contributed by atoms with Crippen LogP contribution in [-0.2, 0) is 6.42 Å². The monoisotopic (exact) mass is 207 g/mol. The summed E-state index contributed by atoms with van der Waals surface area (Å²) < 4.78 is 0. The lowest BCUT2D eigenvalue weighted by molar-refractivity contribution is 1.11. The van der Waals surface area contributed by atoms with Gasteiger partial charge in [0.1, 0.15) is 5.82 Å². The Bertz CT molecular complexity index is 442. The molecule has 0 amide bonds. The number of aromatic nitrogens is 2. The van der Waals surface area contributed by atoms with Crippen LogP contribution in [0.4, 0.5) is 5.82 Å². The Labute approximate surface area is 87.0 Å². The third-order valence-electron chi connectivity index (χ3n) is 2.24. The topological polar surface area (TPSA) is 54.7 Å². The second kappa shape index (κ2) is 3.46. The Kier molecular flexibility index (Phi) is 2.29. The van der Waals surface area contributed by atoms with Gasteiger partial charge in [-0.25, -0.2) is 0 Å². The molecular weight excluding hydrogens is 194 g/mol. The average molecular weight is 207 g/mol. The number of nitrogens with one attached hydrogen (secondary N) is 1. The molecule has 0 spiro atoms. The van der Waals surface area contributed by atoms with E-state index in [0.29, 0.717) is 5.82 Å². The Hall–Kier alpha value is -1.29. The van der Waals surface area contributed by atoms with Gasteiger partial charge < -0.3 is 5.73 Å². The van der Waals surface area contributed by atoms with Gasteiger partial charge in [0.2, 0.25) is 0 Å². The van der Waals surface area contributed by atoms with E-state index in [2.05, 4.69) is 36.2 Å². The van der Waals surface area contributed by atoms with E-state index < -0.39 is 0 Å². The molecule has 3 nitrogen and oxygen atoms in total. The van der Waals surface area contributed by atoms with E-state index in [4.69, 9.17) is 5.73 Å². The number of thiophene rings is 1. The quantitative estimate of drug-likeness (QED) is 0.795. The van der Waals surface area contributed by atoms with E-state index in [0.717, 1.165) is 17.7 Å². The molecule has 14 heavy (non-hydrogen) atoms. The lowest BCUT2D eigenvalue weighted by Gasteiger charge is -1.96. The highest BCUT2D eigenvalue weighted by Gasteiger charge is 2.11. The molecule has 2 aromatic heterocycles. The van der Waals surface area contributed by atoms with Crippen molar-refractivity contribution in [1.29, 1.82) is 0 Å². The fourth-order valence-electron chi connectivity index (χ4n) is 1.51. The highest BCUT2D eigenvalue weighted by Crippen LogP contribution is 2.31. The van der Waals surface area contributed by atoms with Crippen molar-refractivity contribution in [1.82, 2.24) is 10.2 Å². The number of aryl methyl sites for hydroxylation is 1. The zero-order valence-corrected chi connectivity index (χ0v) is 9.11. The van der Waals surface area contributed by atoms with Crippen LogP contribution in [0.25, 0.3) is 10.6 Å². The first-order valence-corrected chi connectivity index (χ1v) is 5.43. The van der Waals surface area contributed by atoms with Crippen LogP contribution in [0, 0.1) is 6.92 Å². The molecule has 4 heteroatoms. The van der Waals surface area contributed by atoms with E-state index in [-0.39, 0.29) is 0 Å². The van der Waals surface area contributed by atoms with E-state index >= 15 is 0 Å². The molecule has 0 aliphatic rings. The second-order valence-corrected chi connectivity index (χ2v) is 4.51. The molecule has 3 N–H and O–H groups in total. The minimum absolute atomic E-state index is 0.619. The van der Waals surface area contributed by atoms with Crippen molar-refractivity contribution in [2.24, 2.45) is 0 Å². The maximum Gasteiger partial charge on any atom is 0.149 e. The largest absolute Gasteiger partial charge is 0.382 e. The van der Waals surface area contributed by atoms with Gasteiger partial charge in [-0.15, -0.1) is 11.3 Å². The highest BCUT2D eigenvalue weighted by atomic mass is 32.1. The van der Waals surface area contributed by atoms with E-state index in [9.17, 15) is 0 Å². The Morgan fingerprint density at radius 1 is 1.50 bits per heavy atom. The number of hydrogen-bond donors (Lipinski definition) is 2. The van der Waals surface area contributed by atoms with Gasteiger partial charge >= 0.3 is 0 Å². The zero-order valence-electron chi connectivity index (χ0n) is 8.29.